The van der Waals surface area contributed by atoms with Crippen molar-refractivity contribution in [1.29, 1.82) is 0 Å². The van der Waals surface area contributed by atoms with Crippen LogP contribution in [0.3, 0.4) is 0 Å². The van der Waals surface area contributed by atoms with Gasteiger partial charge in [-0.2, -0.15) is 5.10 Å². The molecule has 4 bridgehead atoms. The Morgan fingerprint density at radius 3 is 2.42 bits per heavy atom. The predicted octanol–water partition coefficient (Wildman–Crippen LogP) is 2.50. The molecular weight excluding hydrogens is 236 g/mol. The number of H-pyrrole nitrogens is 1. The summed E-state index contributed by atoms with van der Waals surface area (Å²) in [7, 11) is 0. The highest BCUT2D eigenvalue weighted by atomic mass is 15.2. The zero-order chi connectivity index (χ0) is 12.9. The van der Waals surface area contributed by atoms with Gasteiger partial charge in [0.25, 0.3) is 0 Å². The van der Waals surface area contributed by atoms with E-state index in [4.69, 9.17) is 0 Å². The van der Waals surface area contributed by atoms with Crippen molar-refractivity contribution in [2.75, 3.05) is 0 Å². The quantitative estimate of drug-likeness (QED) is 0.874. The van der Waals surface area contributed by atoms with Crippen molar-refractivity contribution < 1.29 is 0 Å². The minimum atomic E-state index is 0.578. The van der Waals surface area contributed by atoms with Crippen LogP contribution in [0.5, 0.6) is 0 Å². The third kappa shape index (κ3) is 2.00. The number of hydrogen-bond donors (Lipinski definition) is 2. The second kappa shape index (κ2) is 4.30. The average Bonchev–Trinajstić information content (AvgIpc) is 2.87. The van der Waals surface area contributed by atoms with Crippen LogP contribution in [0.1, 0.15) is 51.3 Å². The number of aromatic nitrogens is 3. The van der Waals surface area contributed by atoms with Crippen LogP contribution < -0.4 is 5.32 Å². The molecule has 0 aliphatic heterocycles. The van der Waals surface area contributed by atoms with Crippen LogP contribution in [0.4, 0.5) is 0 Å². The maximum Gasteiger partial charge on any atom is 0.138 e. The standard InChI is InChI=1S/C15H24N4/c1-10(16-8-14-17-9-18-19-14)15-5-11-2-12(6-15)4-13(3-11)7-15/h9-13,16H,2-8H2,1H3,(H,17,18,19). The van der Waals surface area contributed by atoms with Crippen LogP contribution in [0, 0.1) is 23.2 Å². The molecule has 0 amide bonds. The van der Waals surface area contributed by atoms with E-state index in [1.165, 1.54) is 38.5 Å². The van der Waals surface area contributed by atoms with E-state index < -0.39 is 0 Å². The summed E-state index contributed by atoms with van der Waals surface area (Å²) in [6.45, 7) is 3.21. The summed E-state index contributed by atoms with van der Waals surface area (Å²) in [5.41, 5.74) is 0.578. The van der Waals surface area contributed by atoms with Gasteiger partial charge in [0, 0.05) is 6.04 Å². The molecule has 19 heavy (non-hydrogen) atoms. The minimum absolute atomic E-state index is 0.578. The van der Waals surface area contributed by atoms with Crippen molar-refractivity contribution in [2.24, 2.45) is 23.2 Å². The Hall–Kier alpha value is -0.900. The summed E-state index contributed by atoms with van der Waals surface area (Å²) in [5.74, 6) is 4.04. The molecule has 104 valence electrons. The Balaban J connectivity index is 1.45. The lowest BCUT2D eigenvalue weighted by Crippen LogP contribution is -2.54. The van der Waals surface area contributed by atoms with Crippen molar-refractivity contribution in [3.05, 3.63) is 12.2 Å². The van der Waals surface area contributed by atoms with E-state index in [0.717, 1.165) is 30.1 Å². The zero-order valence-electron chi connectivity index (χ0n) is 11.7. The molecule has 4 saturated carbocycles. The van der Waals surface area contributed by atoms with Crippen molar-refractivity contribution in [2.45, 2.75) is 58.0 Å². The van der Waals surface area contributed by atoms with Gasteiger partial charge in [-0.05, 0) is 68.6 Å². The van der Waals surface area contributed by atoms with Crippen LogP contribution >= 0.6 is 0 Å². The Labute approximate surface area is 114 Å². The van der Waals surface area contributed by atoms with Gasteiger partial charge in [-0.15, -0.1) is 0 Å². The molecule has 1 heterocycles. The molecule has 1 atom stereocenters. The molecule has 1 unspecified atom stereocenters. The first-order valence-corrected chi connectivity index (χ1v) is 7.81. The Kier molecular flexibility index (Phi) is 2.69. The van der Waals surface area contributed by atoms with E-state index >= 15 is 0 Å². The highest BCUT2D eigenvalue weighted by Crippen LogP contribution is 2.61. The summed E-state index contributed by atoms with van der Waals surface area (Å²) in [6, 6.07) is 0.603. The number of aromatic amines is 1. The van der Waals surface area contributed by atoms with Crippen LogP contribution in [0.25, 0.3) is 0 Å². The molecule has 0 radical (unpaired) electrons. The molecule has 4 nitrogen and oxygen atoms in total. The SMILES string of the molecule is CC(NCc1ncn[nH]1)C12CC3CC(CC(C3)C1)C2. The normalized spacial score (nSPS) is 41.6. The molecule has 4 aliphatic rings. The van der Waals surface area contributed by atoms with Gasteiger partial charge in [0.1, 0.15) is 12.2 Å². The fraction of sp³-hybridized carbons (Fsp3) is 0.867. The highest BCUT2D eigenvalue weighted by Gasteiger charge is 2.52. The second-order valence-electron chi connectivity index (χ2n) is 7.31. The van der Waals surface area contributed by atoms with E-state index in [-0.39, 0.29) is 0 Å². The van der Waals surface area contributed by atoms with Crippen molar-refractivity contribution in [1.82, 2.24) is 20.5 Å². The molecule has 4 heteroatoms. The summed E-state index contributed by atoms with van der Waals surface area (Å²) >= 11 is 0. The lowest BCUT2D eigenvalue weighted by molar-refractivity contribution is -0.0707. The highest BCUT2D eigenvalue weighted by molar-refractivity contribution is 5.05. The third-order valence-electron chi connectivity index (χ3n) is 6.04. The van der Waals surface area contributed by atoms with Crippen LogP contribution in [-0.4, -0.2) is 21.2 Å². The van der Waals surface area contributed by atoms with Crippen LogP contribution in [0.15, 0.2) is 6.33 Å². The van der Waals surface area contributed by atoms with Gasteiger partial charge in [-0.25, -0.2) is 4.98 Å². The maximum atomic E-state index is 4.21. The van der Waals surface area contributed by atoms with E-state index in [0.29, 0.717) is 11.5 Å². The molecule has 0 spiro atoms. The molecular formula is C15H24N4. The molecule has 4 fully saturated rings. The first-order valence-electron chi connectivity index (χ1n) is 7.81. The Morgan fingerprint density at radius 1 is 1.26 bits per heavy atom. The topological polar surface area (TPSA) is 53.6 Å². The van der Waals surface area contributed by atoms with E-state index in [2.05, 4.69) is 27.4 Å². The van der Waals surface area contributed by atoms with Crippen LogP contribution in [-0.2, 0) is 6.54 Å². The fourth-order valence-electron chi connectivity index (χ4n) is 5.49. The lowest BCUT2D eigenvalue weighted by Gasteiger charge is -2.59. The summed E-state index contributed by atoms with van der Waals surface area (Å²) in [5, 5.41) is 10.6. The first kappa shape index (κ1) is 11.9. The van der Waals surface area contributed by atoms with E-state index in [1.54, 1.807) is 6.33 Å². The maximum absolute atomic E-state index is 4.21. The fourth-order valence-corrected chi connectivity index (χ4v) is 5.49. The summed E-state index contributed by atoms with van der Waals surface area (Å²) < 4.78 is 0. The van der Waals surface area contributed by atoms with Gasteiger partial charge in [-0.3, -0.25) is 5.10 Å². The molecule has 1 aromatic heterocycles. The van der Waals surface area contributed by atoms with E-state index in [9.17, 15) is 0 Å². The number of hydrogen-bond acceptors (Lipinski definition) is 3. The van der Waals surface area contributed by atoms with Crippen LogP contribution in [0.2, 0.25) is 0 Å². The van der Waals surface area contributed by atoms with Crippen molar-refractivity contribution in [3.63, 3.8) is 0 Å². The van der Waals surface area contributed by atoms with Crippen molar-refractivity contribution in [3.8, 4) is 0 Å². The average molecular weight is 260 g/mol. The predicted molar refractivity (Wildman–Crippen MR) is 73.3 cm³/mol. The van der Waals surface area contributed by atoms with Gasteiger partial charge < -0.3 is 5.32 Å². The molecule has 1 aromatic rings. The Morgan fingerprint density at radius 2 is 1.89 bits per heavy atom. The third-order valence-corrected chi connectivity index (χ3v) is 6.04. The van der Waals surface area contributed by atoms with E-state index in [1.807, 2.05) is 0 Å². The second-order valence-corrected chi connectivity index (χ2v) is 7.31. The molecule has 0 saturated heterocycles. The molecule has 5 rings (SSSR count). The number of rotatable bonds is 4. The molecule has 2 N–H and O–H groups in total. The molecule has 4 aliphatic carbocycles. The number of nitrogens with one attached hydrogen (secondary N) is 2. The summed E-state index contributed by atoms with van der Waals surface area (Å²) in [4.78, 5) is 4.21. The van der Waals surface area contributed by atoms with Crippen molar-refractivity contribution >= 4 is 0 Å². The largest absolute Gasteiger partial charge is 0.307 e. The zero-order valence-corrected chi connectivity index (χ0v) is 11.7. The minimum Gasteiger partial charge on any atom is -0.307 e. The molecule has 0 aromatic carbocycles. The Bertz CT molecular complexity index is 404. The monoisotopic (exact) mass is 260 g/mol. The van der Waals surface area contributed by atoms with Gasteiger partial charge >= 0.3 is 0 Å². The summed E-state index contributed by atoms with van der Waals surface area (Å²) in [6.07, 6.45) is 10.5. The first-order chi connectivity index (χ1) is 9.23. The lowest BCUT2D eigenvalue weighted by atomic mass is 9.48. The van der Waals surface area contributed by atoms with Gasteiger partial charge in [0.15, 0.2) is 0 Å². The van der Waals surface area contributed by atoms with Gasteiger partial charge in [0.05, 0.1) is 6.54 Å². The van der Waals surface area contributed by atoms with Gasteiger partial charge in [0.2, 0.25) is 0 Å². The smallest absolute Gasteiger partial charge is 0.138 e. The number of nitrogens with zero attached hydrogens (tertiary/aromatic N) is 2. The van der Waals surface area contributed by atoms with Gasteiger partial charge in [-0.1, -0.05) is 0 Å².